The normalized spacial score (nSPS) is 17.1. The molecular weight excluding hydrogens is 537 g/mol. The molecule has 2 heterocycles. The first-order chi connectivity index (χ1) is 19.5. The standard InChI is InChI=1S/C32H32F5N3O/c1-4-31(39(2)3,20-8-7-9-22(33)18-20)16-14-28-29-24(23-10-5-6-11-27(23)38-29)15-17-40(28)30(41)25-19-21(32(35,36)37)12-13-26(25)34/h5-13,18-19,28,38H,4,14-17H2,1-3H3. The molecule has 3 aromatic carbocycles. The summed E-state index contributed by atoms with van der Waals surface area (Å²) in [6.07, 6.45) is -2.68. The molecule has 2 unspecified atom stereocenters. The van der Waals surface area contributed by atoms with Crippen molar-refractivity contribution in [2.24, 2.45) is 0 Å². The van der Waals surface area contributed by atoms with Crippen molar-refractivity contribution in [3.63, 3.8) is 0 Å². The first-order valence-electron chi connectivity index (χ1n) is 13.7. The van der Waals surface area contributed by atoms with Crippen LogP contribution in [-0.4, -0.2) is 41.3 Å². The van der Waals surface area contributed by atoms with Gasteiger partial charge in [0.25, 0.3) is 5.91 Å². The number of hydrogen-bond acceptors (Lipinski definition) is 2. The zero-order valence-electron chi connectivity index (χ0n) is 23.2. The second-order valence-electron chi connectivity index (χ2n) is 10.8. The lowest BCUT2D eigenvalue weighted by atomic mass is 9.79. The van der Waals surface area contributed by atoms with E-state index < -0.39 is 40.6 Å². The summed E-state index contributed by atoms with van der Waals surface area (Å²) in [7, 11) is 3.84. The lowest BCUT2D eigenvalue weighted by Gasteiger charge is -2.43. The fraction of sp³-hybridized carbons (Fsp3) is 0.344. The number of fused-ring (bicyclic) bond motifs is 3. The molecule has 216 valence electrons. The summed E-state index contributed by atoms with van der Waals surface area (Å²) >= 11 is 0. The molecule has 1 amide bonds. The Balaban J connectivity index is 1.58. The van der Waals surface area contributed by atoms with Gasteiger partial charge in [-0.1, -0.05) is 37.3 Å². The molecule has 0 spiro atoms. The summed E-state index contributed by atoms with van der Waals surface area (Å²) in [5, 5.41) is 1.02. The second-order valence-corrected chi connectivity index (χ2v) is 10.8. The fourth-order valence-corrected chi connectivity index (χ4v) is 6.36. The van der Waals surface area contributed by atoms with E-state index in [1.54, 1.807) is 6.07 Å². The van der Waals surface area contributed by atoms with Crippen molar-refractivity contribution in [3.8, 4) is 0 Å². The van der Waals surface area contributed by atoms with Crippen LogP contribution in [0.5, 0.6) is 0 Å². The summed E-state index contributed by atoms with van der Waals surface area (Å²) < 4.78 is 69.6. The van der Waals surface area contributed by atoms with Gasteiger partial charge in [0.2, 0.25) is 0 Å². The van der Waals surface area contributed by atoms with Gasteiger partial charge in [-0.2, -0.15) is 13.2 Å². The first kappa shape index (κ1) is 28.8. The third kappa shape index (κ3) is 5.23. The number of aromatic nitrogens is 1. The van der Waals surface area contributed by atoms with Crippen LogP contribution in [0, 0.1) is 11.6 Å². The van der Waals surface area contributed by atoms with E-state index in [-0.39, 0.29) is 12.4 Å². The molecule has 4 aromatic rings. The second kappa shape index (κ2) is 10.9. The molecule has 1 aromatic heterocycles. The van der Waals surface area contributed by atoms with Gasteiger partial charge in [-0.3, -0.25) is 9.69 Å². The SMILES string of the molecule is CCC(CCC1c2[nH]c3ccccc3c2CCN1C(=O)c1cc(C(F)(F)F)ccc1F)(c1cccc(F)c1)N(C)C. The number of nitrogens with zero attached hydrogens (tertiary/aromatic N) is 2. The number of nitrogens with one attached hydrogen (secondary N) is 1. The highest BCUT2D eigenvalue weighted by Crippen LogP contribution is 2.43. The van der Waals surface area contributed by atoms with Gasteiger partial charge in [0.05, 0.1) is 17.2 Å². The Morgan fingerprint density at radius 3 is 2.44 bits per heavy atom. The molecule has 0 radical (unpaired) electrons. The van der Waals surface area contributed by atoms with Gasteiger partial charge in [0.15, 0.2) is 0 Å². The average molecular weight is 570 g/mol. The van der Waals surface area contributed by atoms with Crippen LogP contribution >= 0.6 is 0 Å². The molecule has 4 nitrogen and oxygen atoms in total. The molecule has 5 rings (SSSR count). The van der Waals surface area contributed by atoms with Gasteiger partial charge in [0, 0.05) is 28.7 Å². The van der Waals surface area contributed by atoms with Crippen molar-refractivity contribution in [2.75, 3.05) is 20.6 Å². The van der Waals surface area contributed by atoms with Crippen molar-refractivity contribution >= 4 is 16.8 Å². The van der Waals surface area contributed by atoms with Crippen molar-refractivity contribution < 1.29 is 26.7 Å². The molecule has 0 aliphatic carbocycles. The van der Waals surface area contributed by atoms with Gasteiger partial charge >= 0.3 is 6.18 Å². The molecule has 1 N–H and O–H groups in total. The van der Waals surface area contributed by atoms with E-state index in [1.165, 1.54) is 17.0 Å². The number of rotatable bonds is 7. The van der Waals surface area contributed by atoms with Crippen LogP contribution in [0.4, 0.5) is 22.0 Å². The maximum Gasteiger partial charge on any atom is 0.416 e. The van der Waals surface area contributed by atoms with Crippen LogP contribution in [-0.2, 0) is 18.1 Å². The molecule has 2 atom stereocenters. The maximum atomic E-state index is 14.9. The number of alkyl halides is 3. The highest BCUT2D eigenvalue weighted by Gasteiger charge is 2.40. The Morgan fingerprint density at radius 1 is 1.00 bits per heavy atom. The van der Waals surface area contributed by atoms with E-state index >= 15 is 0 Å². The maximum absolute atomic E-state index is 14.9. The largest absolute Gasteiger partial charge is 0.416 e. The predicted molar refractivity (Wildman–Crippen MR) is 148 cm³/mol. The molecule has 41 heavy (non-hydrogen) atoms. The third-order valence-corrected chi connectivity index (χ3v) is 8.58. The fourth-order valence-electron chi connectivity index (χ4n) is 6.36. The van der Waals surface area contributed by atoms with E-state index in [9.17, 15) is 26.7 Å². The Kier molecular flexibility index (Phi) is 7.68. The monoisotopic (exact) mass is 569 g/mol. The number of benzene rings is 3. The smallest absolute Gasteiger partial charge is 0.356 e. The molecule has 0 fully saturated rings. The van der Waals surface area contributed by atoms with Crippen LogP contribution in [0.15, 0.2) is 66.7 Å². The highest BCUT2D eigenvalue weighted by atomic mass is 19.4. The molecule has 0 saturated carbocycles. The topological polar surface area (TPSA) is 39.3 Å². The number of aromatic amines is 1. The van der Waals surface area contributed by atoms with E-state index in [2.05, 4.69) is 4.98 Å². The summed E-state index contributed by atoms with van der Waals surface area (Å²) in [6, 6.07) is 15.6. The number of amides is 1. The highest BCUT2D eigenvalue weighted by molar-refractivity contribution is 5.95. The average Bonchev–Trinajstić information content (AvgIpc) is 3.32. The summed E-state index contributed by atoms with van der Waals surface area (Å²) in [5.74, 6) is -2.14. The molecule has 1 aliphatic rings. The number of halogens is 5. The minimum Gasteiger partial charge on any atom is -0.356 e. The predicted octanol–water partition coefficient (Wildman–Crippen LogP) is 7.85. The van der Waals surface area contributed by atoms with Crippen LogP contribution < -0.4 is 0 Å². The number of hydrogen-bond donors (Lipinski definition) is 1. The third-order valence-electron chi connectivity index (χ3n) is 8.58. The minimum atomic E-state index is -4.72. The van der Waals surface area contributed by atoms with Crippen molar-refractivity contribution in [3.05, 3.63) is 106 Å². The minimum absolute atomic E-state index is 0.217. The van der Waals surface area contributed by atoms with Gasteiger partial charge in [-0.05, 0) is 87.3 Å². The molecule has 1 aliphatic heterocycles. The molecule has 0 saturated heterocycles. The van der Waals surface area contributed by atoms with Crippen LogP contribution in [0.1, 0.15) is 65.0 Å². The summed E-state index contributed by atoms with van der Waals surface area (Å²) in [6.45, 7) is 2.23. The number of H-pyrrole nitrogens is 1. The zero-order chi connectivity index (χ0) is 29.5. The number of para-hydroxylation sites is 1. The van der Waals surface area contributed by atoms with E-state index in [0.29, 0.717) is 43.9 Å². The Bertz CT molecular complexity index is 1580. The Labute approximate surface area is 235 Å². The van der Waals surface area contributed by atoms with Gasteiger partial charge < -0.3 is 9.88 Å². The lowest BCUT2D eigenvalue weighted by molar-refractivity contribution is -0.137. The van der Waals surface area contributed by atoms with Crippen molar-refractivity contribution in [1.29, 1.82) is 0 Å². The van der Waals surface area contributed by atoms with Gasteiger partial charge in [-0.25, -0.2) is 8.78 Å². The summed E-state index contributed by atoms with van der Waals surface area (Å²) in [4.78, 5) is 20.8. The van der Waals surface area contributed by atoms with E-state index in [4.69, 9.17) is 0 Å². The van der Waals surface area contributed by atoms with E-state index in [0.717, 1.165) is 27.7 Å². The van der Waals surface area contributed by atoms with Crippen molar-refractivity contribution in [1.82, 2.24) is 14.8 Å². The van der Waals surface area contributed by atoms with Crippen LogP contribution in [0.3, 0.4) is 0 Å². The molecule has 9 heteroatoms. The summed E-state index contributed by atoms with van der Waals surface area (Å²) in [5.41, 5.74) is 1.25. The Morgan fingerprint density at radius 2 is 1.76 bits per heavy atom. The Hall–Kier alpha value is -3.72. The van der Waals surface area contributed by atoms with Crippen molar-refractivity contribution in [2.45, 2.75) is 50.4 Å². The van der Waals surface area contributed by atoms with Crippen LogP contribution in [0.2, 0.25) is 0 Å². The lowest BCUT2D eigenvalue weighted by Crippen LogP contribution is -2.44. The quantitative estimate of drug-likeness (QED) is 0.230. The van der Waals surface area contributed by atoms with Gasteiger partial charge in [0.1, 0.15) is 11.6 Å². The van der Waals surface area contributed by atoms with E-state index in [1.807, 2.05) is 56.3 Å². The number of carbonyl (C=O) groups excluding carboxylic acids is 1. The molecular formula is C32H32F5N3O. The van der Waals surface area contributed by atoms with Crippen LogP contribution in [0.25, 0.3) is 10.9 Å². The number of carbonyl (C=O) groups is 1. The zero-order valence-corrected chi connectivity index (χ0v) is 23.2. The van der Waals surface area contributed by atoms with Gasteiger partial charge in [-0.15, -0.1) is 0 Å². The first-order valence-corrected chi connectivity index (χ1v) is 13.7. The molecule has 0 bridgehead atoms.